The lowest BCUT2D eigenvalue weighted by molar-refractivity contribution is -0.134. The normalized spacial score (nSPS) is 21.8. The summed E-state index contributed by atoms with van der Waals surface area (Å²) in [6.07, 6.45) is 5.15. The van der Waals surface area contributed by atoms with Crippen molar-refractivity contribution in [3.63, 3.8) is 0 Å². The molecule has 2 aromatic rings. The molecule has 0 amide bonds. The Hall–Kier alpha value is -2.72. The second-order valence-electron chi connectivity index (χ2n) is 8.77. The fourth-order valence-corrected chi connectivity index (χ4v) is 4.93. The van der Waals surface area contributed by atoms with Gasteiger partial charge in [0, 0.05) is 18.7 Å². The number of carbonyl (C=O) groups is 1. The monoisotopic (exact) mass is 419 g/mol. The van der Waals surface area contributed by atoms with Gasteiger partial charge in [0.15, 0.2) is 0 Å². The third-order valence-electron chi connectivity index (χ3n) is 6.49. The molecule has 2 aliphatic rings. The molecule has 0 bridgehead atoms. The highest BCUT2D eigenvalue weighted by Gasteiger charge is 2.39. The Morgan fingerprint density at radius 2 is 1.97 bits per heavy atom. The average molecular weight is 420 g/mol. The Morgan fingerprint density at radius 1 is 1.23 bits per heavy atom. The van der Waals surface area contributed by atoms with Crippen LogP contribution in [0.3, 0.4) is 0 Å². The van der Waals surface area contributed by atoms with Gasteiger partial charge in [-0.2, -0.15) is 0 Å². The molecular formula is C27H30FNO2. The number of hydrogen-bond donors (Lipinski definition) is 0. The lowest BCUT2D eigenvalue weighted by Crippen LogP contribution is -2.43. The Labute approximate surface area is 184 Å². The Kier molecular flexibility index (Phi) is 6.38. The summed E-state index contributed by atoms with van der Waals surface area (Å²) < 4.78 is 18.1. The van der Waals surface area contributed by atoms with E-state index in [2.05, 4.69) is 53.0 Å². The molecule has 4 rings (SSSR count). The van der Waals surface area contributed by atoms with Crippen LogP contribution < -0.4 is 0 Å². The fraction of sp³-hybridized carbons (Fsp3) is 0.370. The molecule has 1 aliphatic carbocycles. The van der Waals surface area contributed by atoms with Crippen LogP contribution in [0.5, 0.6) is 0 Å². The molecule has 31 heavy (non-hydrogen) atoms. The molecule has 0 saturated carbocycles. The number of fused-ring (bicyclic) bond motifs is 2. The zero-order valence-electron chi connectivity index (χ0n) is 18.5. The Balaban J connectivity index is 1.71. The van der Waals surface area contributed by atoms with Crippen LogP contribution >= 0.6 is 0 Å². The summed E-state index contributed by atoms with van der Waals surface area (Å²) in [4.78, 5) is 13.9. The minimum Gasteiger partial charge on any atom is -0.466 e. The number of ether oxygens (including phenoxy) is 1. The SMILES string of the molecule is COC(=O)/C=C/c1ccc([C@@H]2C3=C(C[C@@H](C)N2C[C@H](C)CF)c2ccccc2C3)cc1. The highest BCUT2D eigenvalue weighted by atomic mass is 19.1. The fourth-order valence-electron chi connectivity index (χ4n) is 4.93. The minimum atomic E-state index is -0.366. The van der Waals surface area contributed by atoms with Gasteiger partial charge in [-0.15, -0.1) is 0 Å². The molecule has 162 valence electrons. The van der Waals surface area contributed by atoms with Crippen LogP contribution in [0.2, 0.25) is 0 Å². The number of nitrogens with zero attached hydrogens (tertiary/aromatic N) is 1. The van der Waals surface area contributed by atoms with E-state index in [0.29, 0.717) is 6.04 Å². The van der Waals surface area contributed by atoms with Gasteiger partial charge in [-0.25, -0.2) is 4.79 Å². The van der Waals surface area contributed by atoms with Gasteiger partial charge in [-0.05, 0) is 65.2 Å². The van der Waals surface area contributed by atoms with E-state index in [-0.39, 0.29) is 24.6 Å². The number of halogens is 1. The predicted octanol–water partition coefficient (Wildman–Crippen LogP) is 5.62. The summed E-state index contributed by atoms with van der Waals surface area (Å²) in [5, 5.41) is 0. The lowest BCUT2D eigenvalue weighted by atomic mass is 9.84. The van der Waals surface area contributed by atoms with E-state index in [4.69, 9.17) is 0 Å². The zero-order chi connectivity index (χ0) is 22.0. The van der Waals surface area contributed by atoms with Gasteiger partial charge in [0.2, 0.25) is 0 Å². The number of esters is 1. The topological polar surface area (TPSA) is 29.5 Å². The first-order valence-corrected chi connectivity index (χ1v) is 11.0. The second kappa shape index (κ2) is 9.19. The van der Waals surface area contributed by atoms with Gasteiger partial charge in [-0.3, -0.25) is 9.29 Å². The first-order chi connectivity index (χ1) is 15.0. The van der Waals surface area contributed by atoms with Crippen LogP contribution in [-0.4, -0.2) is 37.2 Å². The first kappa shape index (κ1) is 21.5. The van der Waals surface area contributed by atoms with Crippen LogP contribution in [0.1, 0.15) is 48.6 Å². The van der Waals surface area contributed by atoms with Crippen LogP contribution in [-0.2, 0) is 16.0 Å². The van der Waals surface area contributed by atoms with Crippen molar-refractivity contribution in [1.29, 1.82) is 0 Å². The molecule has 0 unspecified atom stereocenters. The first-order valence-electron chi connectivity index (χ1n) is 11.0. The summed E-state index contributed by atoms with van der Waals surface area (Å²) >= 11 is 0. The van der Waals surface area contributed by atoms with Crippen molar-refractivity contribution in [2.24, 2.45) is 5.92 Å². The number of benzene rings is 2. The van der Waals surface area contributed by atoms with Gasteiger partial charge < -0.3 is 4.74 Å². The molecule has 3 nitrogen and oxygen atoms in total. The third kappa shape index (κ3) is 4.35. The molecule has 0 saturated heterocycles. The maximum atomic E-state index is 13.4. The Bertz CT molecular complexity index is 1010. The molecule has 3 atom stereocenters. The predicted molar refractivity (Wildman–Crippen MR) is 123 cm³/mol. The molecule has 1 heterocycles. The van der Waals surface area contributed by atoms with Crippen molar-refractivity contribution in [2.45, 2.75) is 38.8 Å². The summed E-state index contributed by atoms with van der Waals surface area (Å²) in [5.41, 5.74) is 7.85. The van der Waals surface area contributed by atoms with E-state index < -0.39 is 0 Å². The number of carbonyl (C=O) groups excluding carboxylic acids is 1. The number of alkyl halides is 1. The van der Waals surface area contributed by atoms with Crippen molar-refractivity contribution in [3.05, 3.63) is 82.4 Å². The van der Waals surface area contributed by atoms with Crippen molar-refractivity contribution in [3.8, 4) is 0 Å². The second-order valence-corrected chi connectivity index (χ2v) is 8.77. The summed E-state index contributed by atoms with van der Waals surface area (Å²) in [6.45, 7) is 4.67. The average Bonchev–Trinajstić information content (AvgIpc) is 3.16. The van der Waals surface area contributed by atoms with Gasteiger partial charge in [0.25, 0.3) is 0 Å². The molecule has 2 aromatic carbocycles. The van der Waals surface area contributed by atoms with E-state index in [1.807, 2.05) is 19.1 Å². The highest BCUT2D eigenvalue weighted by Crippen LogP contribution is 2.48. The zero-order valence-corrected chi connectivity index (χ0v) is 18.5. The number of hydrogen-bond acceptors (Lipinski definition) is 3. The largest absolute Gasteiger partial charge is 0.466 e. The van der Waals surface area contributed by atoms with Crippen molar-refractivity contribution < 1.29 is 13.9 Å². The van der Waals surface area contributed by atoms with Crippen molar-refractivity contribution in [1.82, 2.24) is 4.90 Å². The summed E-state index contributed by atoms with van der Waals surface area (Å²) in [6, 6.07) is 17.5. The van der Waals surface area contributed by atoms with E-state index in [0.717, 1.165) is 24.9 Å². The quantitative estimate of drug-likeness (QED) is 0.449. The van der Waals surface area contributed by atoms with Gasteiger partial charge in [-0.1, -0.05) is 55.5 Å². The van der Waals surface area contributed by atoms with Crippen LogP contribution in [0.15, 0.2) is 60.2 Å². The maximum absolute atomic E-state index is 13.4. The van der Waals surface area contributed by atoms with Crippen LogP contribution in [0.25, 0.3) is 11.6 Å². The smallest absolute Gasteiger partial charge is 0.330 e. The Morgan fingerprint density at radius 3 is 2.68 bits per heavy atom. The highest BCUT2D eigenvalue weighted by molar-refractivity contribution is 5.87. The number of methoxy groups -OCH3 is 1. The third-order valence-corrected chi connectivity index (χ3v) is 6.49. The van der Waals surface area contributed by atoms with E-state index in [9.17, 15) is 9.18 Å². The lowest BCUT2D eigenvalue weighted by Gasteiger charge is -2.43. The maximum Gasteiger partial charge on any atom is 0.330 e. The van der Waals surface area contributed by atoms with Gasteiger partial charge >= 0.3 is 5.97 Å². The molecule has 1 aliphatic heterocycles. The molecule has 0 spiro atoms. The number of rotatable bonds is 6. The van der Waals surface area contributed by atoms with Crippen molar-refractivity contribution >= 4 is 17.6 Å². The molecule has 0 N–H and O–H groups in total. The minimum absolute atomic E-state index is 0.00172. The summed E-state index contributed by atoms with van der Waals surface area (Å²) in [7, 11) is 1.37. The molecule has 0 radical (unpaired) electrons. The van der Waals surface area contributed by atoms with Crippen LogP contribution in [0, 0.1) is 5.92 Å². The van der Waals surface area contributed by atoms with E-state index in [1.165, 1.54) is 41.0 Å². The molecule has 0 fully saturated rings. The van der Waals surface area contributed by atoms with E-state index in [1.54, 1.807) is 6.08 Å². The van der Waals surface area contributed by atoms with E-state index >= 15 is 0 Å². The van der Waals surface area contributed by atoms with Crippen molar-refractivity contribution in [2.75, 3.05) is 20.3 Å². The standard InChI is InChI=1S/C27H30FNO2/c1-18(16-28)17-29-19(2)14-24-23-7-5-4-6-22(23)15-25(24)27(29)21-11-8-20(9-12-21)10-13-26(30)31-3/h4-13,18-19,27H,14-17H2,1-3H3/b13-10+/t18-,19-,27-/m1/s1. The van der Waals surface area contributed by atoms with Gasteiger partial charge in [0.05, 0.1) is 19.8 Å². The molecular weight excluding hydrogens is 389 g/mol. The van der Waals surface area contributed by atoms with Crippen LogP contribution in [0.4, 0.5) is 4.39 Å². The summed E-state index contributed by atoms with van der Waals surface area (Å²) in [5.74, 6) is -0.367. The molecule has 0 aromatic heterocycles. The molecule has 4 heteroatoms. The van der Waals surface area contributed by atoms with Gasteiger partial charge in [0.1, 0.15) is 0 Å².